The first-order valence-electron chi connectivity index (χ1n) is 18.5. The number of fused-ring (bicyclic) bond motifs is 3. The van der Waals surface area contributed by atoms with Crippen molar-refractivity contribution in [1.29, 1.82) is 0 Å². The lowest BCUT2D eigenvalue weighted by Gasteiger charge is -2.58. The SMILES string of the molecule is CN1CC2(CC(OCC(F)(F)CCCO)C2)C1.Cc1ccccc1C(=O)O.Cn1c2ccncc2c2ccc(-c3ccc(OC4CCC4)nc3)cc21.O=CO. The van der Waals surface area contributed by atoms with Crippen LogP contribution < -0.4 is 4.74 Å². The molecule has 0 bridgehead atoms. The summed E-state index contributed by atoms with van der Waals surface area (Å²) in [6.07, 6.45) is 11.3. The van der Waals surface area contributed by atoms with E-state index in [-0.39, 0.29) is 32.0 Å². The monoisotopic (exact) mass is 760 g/mol. The van der Waals surface area contributed by atoms with Crippen molar-refractivity contribution in [1.82, 2.24) is 19.4 Å². The van der Waals surface area contributed by atoms with Crippen LogP contribution in [0.1, 0.15) is 60.9 Å². The van der Waals surface area contributed by atoms with Crippen molar-refractivity contribution < 1.29 is 43.2 Å². The van der Waals surface area contributed by atoms with Crippen LogP contribution >= 0.6 is 0 Å². The second-order valence-corrected chi connectivity index (χ2v) is 14.7. The predicted octanol–water partition coefficient (Wildman–Crippen LogP) is 7.62. The molecule has 1 spiro atoms. The maximum Gasteiger partial charge on any atom is 0.335 e. The van der Waals surface area contributed by atoms with Crippen molar-refractivity contribution in [3.8, 4) is 17.0 Å². The fourth-order valence-corrected chi connectivity index (χ4v) is 7.36. The second-order valence-electron chi connectivity index (χ2n) is 14.7. The van der Waals surface area contributed by atoms with Crippen LogP contribution in [-0.2, 0) is 16.6 Å². The molecule has 3 N–H and O–H groups in total. The molecule has 2 aromatic carbocycles. The second kappa shape index (κ2) is 18.6. The lowest BCUT2D eigenvalue weighted by molar-refractivity contribution is -0.179. The van der Waals surface area contributed by atoms with Crippen LogP contribution in [0.25, 0.3) is 32.9 Å². The number of rotatable bonds is 10. The molecule has 294 valence electrons. The van der Waals surface area contributed by atoms with Crippen LogP contribution in [-0.4, -0.2) is 98.7 Å². The fraction of sp³-hybridized carbons (Fsp3) is 0.429. The van der Waals surface area contributed by atoms with Gasteiger partial charge in [0.25, 0.3) is 12.4 Å². The summed E-state index contributed by atoms with van der Waals surface area (Å²) < 4.78 is 39.8. The number of pyridine rings is 2. The molecule has 2 saturated carbocycles. The van der Waals surface area contributed by atoms with Crippen molar-refractivity contribution in [2.75, 3.05) is 33.4 Å². The van der Waals surface area contributed by atoms with Gasteiger partial charge in [-0.1, -0.05) is 30.3 Å². The zero-order valence-corrected chi connectivity index (χ0v) is 31.5. The number of ether oxygens (including phenoxy) is 2. The molecule has 0 amide bonds. The minimum absolute atomic E-state index is 0.0173. The molecule has 13 heteroatoms. The number of aryl methyl sites for hydroxylation is 2. The van der Waals surface area contributed by atoms with Crippen LogP contribution in [0.4, 0.5) is 8.78 Å². The molecule has 5 aromatic rings. The van der Waals surface area contributed by atoms with Gasteiger partial charge in [0.1, 0.15) is 12.7 Å². The van der Waals surface area contributed by atoms with E-state index in [9.17, 15) is 13.6 Å². The standard InChI is InChI=1S/C21H19N3O.C12H21F2NO2.C8H8O2.CH2O2/c1-24-19-9-10-22-13-18(19)17-7-5-14(11-20(17)24)15-6-8-21(23-12-15)25-16-3-2-4-16;1-15-7-11(8-15)5-10(6-11)17-9-12(13,14)3-2-4-16;1-6-4-2-3-5-7(6)8(9)10;2-1-3/h5-13,16H,2-4H2,1H3;10,16H,2-9H2,1H3;2-5H,1H3,(H,9,10);1H,(H,2,3). The van der Waals surface area contributed by atoms with Crippen LogP contribution in [0.2, 0.25) is 0 Å². The summed E-state index contributed by atoms with van der Waals surface area (Å²) in [6.45, 7) is 3.00. The highest BCUT2D eigenvalue weighted by atomic mass is 19.3. The van der Waals surface area contributed by atoms with Crippen molar-refractivity contribution in [2.24, 2.45) is 12.5 Å². The van der Waals surface area contributed by atoms with Gasteiger partial charge in [0, 0.05) is 85.1 Å². The first-order chi connectivity index (χ1) is 26.4. The third kappa shape index (κ3) is 10.6. The van der Waals surface area contributed by atoms with E-state index >= 15 is 0 Å². The number of aromatic carboxylic acids is 1. The number of aliphatic hydroxyl groups is 1. The Morgan fingerprint density at radius 2 is 1.69 bits per heavy atom. The number of carboxylic acid groups (broad SMARTS) is 2. The molecule has 0 atom stereocenters. The zero-order valence-electron chi connectivity index (χ0n) is 31.5. The molecule has 1 saturated heterocycles. The van der Waals surface area contributed by atoms with Gasteiger partial charge in [-0.15, -0.1) is 0 Å². The third-order valence-electron chi connectivity index (χ3n) is 10.4. The van der Waals surface area contributed by atoms with E-state index in [0.29, 0.717) is 17.1 Å². The molecule has 11 nitrogen and oxygen atoms in total. The number of carboxylic acids is 1. The van der Waals surface area contributed by atoms with Gasteiger partial charge in [0.15, 0.2) is 0 Å². The Morgan fingerprint density at radius 3 is 2.27 bits per heavy atom. The Kier molecular flexibility index (Phi) is 13.9. The number of carbonyl (C=O) groups is 2. The summed E-state index contributed by atoms with van der Waals surface area (Å²) in [5.74, 6) is -2.93. The number of aromatic nitrogens is 3. The maximum atomic E-state index is 13.2. The van der Waals surface area contributed by atoms with Gasteiger partial charge in [-0.3, -0.25) is 9.78 Å². The smallest absolute Gasteiger partial charge is 0.335 e. The normalized spacial score (nSPS) is 16.3. The summed E-state index contributed by atoms with van der Waals surface area (Å²) in [5, 5.41) is 26.4. The minimum atomic E-state index is -2.79. The molecule has 0 radical (unpaired) electrons. The molecular formula is C42H50F2N4O7. The first-order valence-corrected chi connectivity index (χ1v) is 18.5. The number of likely N-dealkylation sites (tertiary alicyclic amines) is 1. The van der Waals surface area contributed by atoms with E-state index < -0.39 is 18.5 Å². The molecule has 2 aliphatic carbocycles. The Morgan fingerprint density at radius 1 is 0.982 bits per heavy atom. The quantitative estimate of drug-likeness (QED) is 0.122. The number of hydrogen-bond donors (Lipinski definition) is 3. The number of benzene rings is 2. The van der Waals surface area contributed by atoms with Crippen molar-refractivity contribution in [3.63, 3.8) is 0 Å². The van der Waals surface area contributed by atoms with E-state index in [0.717, 1.165) is 61.3 Å². The molecular weight excluding hydrogens is 710 g/mol. The number of aliphatic hydroxyl groups excluding tert-OH is 1. The van der Waals surface area contributed by atoms with E-state index in [2.05, 4.69) is 63.9 Å². The van der Waals surface area contributed by atoms with Gasteiger partial charge in [0.2, 0.25) is 5.88 Å². The highest BCUT2D eigenvalue weighted by Crippen LogP contribution is 2.49. The number of hydrogen-bond acceptors (Lipinski definition) is 8. The van der Waals surface area contributed by atoms with Crippen molar-refractivity contribution in [2.45, 2.75) is 70.0 Å². The molecule has 1 aliphatic heterocycles. The highest BCUT2D eigenvalue weighted by molar-refractivity contribution is 6.08. The third-order valence-corrected chi connectivity index (χ3v) is 10.4. The van der Waals surface area contributed by atoms with Gasteiger partial charge in [-0.25, -0.2) is 18.6 Å². The molecule has 3 aliphatic rings. The van der Waals surface area contributed by atoms with E-state index in [1.165, 1.54) is 28.2 Å². The molecule has 4 heterocycles. The van der Waals surface area contributed by atoms with E-state index in [1.54, 1.807) is 25.1 Å². The molecule has 3 aromatic heterocycles. The summed E-state index contributed by atoms with van der Waals surface area (Å²) in [7, 11) is 4.17. The number of halogens is 2. The summed E-state index contributed by atoms with van der Waals surface area (Å²) in [6, 6.07) is 19.6. The van der Waals surface area contributed by atoms with Gasteiger partial charge >= 0.3 is 5.97 Å². The van der Waals surface area contributed by atoms with E-state index in [4.69, 9.17) is 29.6 Å². The van der Waals surface area contributed by atoms with Crippen LogP contribution in [0.5, 0.6) is 5.88 Å². The predicted molar refractivity (Wildman–Crippen MR) is 207 cm³/mol. The number of nitrogens with zero attached hydrogens (tertiary/aromatic N) is 4. The lowest BCUT2D eigenvalue weighted by Crippen LogP contribution is -2.62. The van der Waals surface area contributed by atoms with Crippen LogP contribution in [0, 0.1) is 12.3 Å². The topological polar surface area (TPSA) is 147 Å². The largest absolute Gasteiger partial charge is 0.483 e. The average Bonchev–Trinajstić information content (AvgIpc) is 3.41. The first kappa shape index (κ1) is 41.2. The Bertz CT molecular complexity index is 2020. The van der Waals surface area contributed by atoms with Gasteiger partial charge in [-0.2, -0.15) is 0 Å². The Hall–Kier alpha value is -4.98. The molecule has 8 rings (SSSR count). The number of alkyl halides is 2. The van der Waals surface area contributed by atoms with Gasteiger partial charge in [-0.05, 0) is 87.9 Å². The van der Waals surface area contributed by atoms with Gasteiger partial charge < -0.3 is 34.3 Å². The summed E-state index contributed by atoms with van der Waals surface area (Å²) >= 11 is 0. The summed E-state index contributed by atoms with van der Waals surface area (Å²) in [5.41, 5.74) is 6.22. The molecule has 0 unspecified atom stereocenters. The Balaban J connectivity index is 0.000000167. The maximum absolute atomic E-state index is 13.2. The van der Waals surface area contributed by atoms with Crippen LogP contribution in [0.15, 0.2) is 79.3 Å². The lowest BCUT2D eigenvalue weighted by atomic mass is 9.62. The van der Waals surface area contributed by atoms with Gasteiger partial charge in [0.05, 0.1) is 17.2 Å². The fourth-order valence-electron chi connectivity index (χ4n) is 7.36. The highest BCUT2D eigenvalue weighted by Gasteiger charge is 2.52. The minimum Gasteiger partial charge on any atom is -0.483 e. The zero-order chi connectivity index (χ0) is 39.6. The van der Waals surface area contributed by atoms with Crippen molar-refractivity contribution >= 4 is 34.2 Å². The van der Waals surface area contributed by atoms with Crippen LogP contribution in [0.3, 0.4) is 0 Å². The Labute approximate surface area is 319 Å². The summed E-state index contributed by atoms with van der Waals surface area (Å²) in [4.78, 5) is 29.8. The van der Waals surface area contributed by atoms with E-state index in [1.807, 2.05) is 30.7 Å². The average molecular weight is 761 g/mol. The van der Waals surface area contributed by atoms with Crippen molar-refractivity contribution in [3.05, 3.63) is 90.4 Å². The molecule has 3 fully saturated rings. The molecule has 55 heavy (non-hydrogen) atoms.